The summed E-state index contributed by atoms with van der Waals surface area (Å²) in [4.78, 5) is 30.5. The van der Waals surface area contributed by atoms with Crippen LogP contribution in [0.1, 0.15) is 77.4 Å². The van der Waals surface area contributed by atoms with Crippen molar-refractivity contribution >= 4 is 29.2 Å². The van der Waals surface area contributed by atoms with Crippen LogP contribution in [-0.2, 0) is 19.1 Å². The number of ether oxygens (including phenoxy) is 2. The molecular weight excluding hydrogens is 454 g/mol. The van der Waals surface area contributed by atoms with E-state index in [2.05, 4.69) is 4.98 Å². The largest absolute Gasteiger partial charge is 0.458 e. The van der Waals surface area contributed by atoms with Crippen molar-refractivity contribution in [2.75, 3.05) is 0 Å². The van der Waals surface area contributed by atoms with E-state index in [1.807, 2.05) is 32.2 Å². The molecule has 8 heteroatoms. The number of hydrogen-bond acceptors (Lipinski definition) is 8. The average molecular weight is 494 g/mol. The van der Waals surface area contributed by atoms with Crippen molar-refractivity contribution in [3.63, 3.8) is 0 Å². The summed E-state index contributed by atoms with van der Waals surface area (Å²) in [6, 6.07) is 0. The highest BCUT2D eigenvalue weighted by Crippen LogP contribution is 2.36. The molecule has 0 aliphatic carbocycles. The lowest BCUT2D eigenvalue weighted by atomic mass is 9.73. The van der Waals surface area contributed by atoms with Crippen LogP contribution >= 0.6 is 11.3 Å². The van der Waals surface area contributed by atoms with Gasteiger partial charge in [0.15, 0.2) is 0 Å². The number of ketones is 1. The highest BCUT2D eigenvalue weighted by Gasteiger charge is 2.44. The summed E-state index contributed by atoms with van der Waals surface area (Å²) in [6.07, 6.45) is 2.28. The van der Waals surface area contributed by atoms with E-state index >= 15 is 0 Å². The van der Waals surface area contributed by atoms with Crippen LogP contribution in [0.2, 0.25) is 0 Å². The van der Waals surface area contributed by atoms with Gasteiger partial charge in [0.05, 0.1) is 47.0 Å². The molecule has 2 unspecified atom stereocenters. The van der Waals surface area contributed by atoms with E-state index in [1.165, 1.54) is 0 Å². The lowest BCUT2D eigenvalue weighted by Crippen LogP contribution is -2.45. The fourth-order valence-electron chi connectivity index (χ4n) is 4.78. The Morgan fingerprint density at radius 2 is 1.91 bits per heavy atom. The van der Waals surface area contributed by atoms with Gasteiger partial charge in [0.1, 0.15) is 11.9 Å². The van der Waals surface area contributed by atoms with Crippen LogP contribution in [0.3, 0.4) is 0 Å². The number of esters is 1. The molecular formula is C26H39NO6S. The Morgan fingerprint density at radius 1 is 1.21 bits per heavy atom. The summed E-state index contributed by atoms with van der Waals surface area (Å²) >= 11 is 1.56. The van der Waals surface area contributed by atoms with Crippen LogP contribution in [0, 0.1) is 24.2 Å². The zero-order chi connectivity index (χ0) is 25.2. The summed E-state index contributed by atoms with van der Waals surface area (Å²) in [5, 5.41) is 24.5. The first-order valence-electron chi connectivity index (χ1n) is 12.3. The quantitative estimate of drug-likeness (QED) is 0.472. The number of nitrogens with zero attached hydrogens (tertiary/aromatic N) is 1. The van der Waals surface area contributed by atoms with E-state index < -0.39 is 35.6 Å². The summed E-state index contributed by atoms with van der Waals surface area (Å²) in [5.41, 5.74) is 0.494. The molecule has 0 saturated carbocycles. The number of aliphatic hydroxyl groups excluding tert-OH is 2. The molecule has 1 aromatic rings. The standard InChI is InChI=1S/C26H39NO6S/c1-14-8-7-9-19-21(32-19)11-20(15(2)10-18-13-34-17(4)27-18)33-23(29)12-22(28)26(5,6)25(31)16(3)24(14)30/h10,13-14,16,19-22,24,28,30H,7-9,11-12H2,1-6H3/t14-,16+,19+,20?,21?,22-,24-/m0/s1. The van der Waals surface area contributed by atoms with Crippen molar-refractivity contribution in [3.8, 4) is 0 Å². The predicted octanol–water partition coefficient (Wildman–Crippen LogP) is 4.09. The first-order chi connectivity index (χ1) is 15.9. The molecule has 7 nitrogen and oxygen atoms in total. The van der Waals surface area contributed by atoms with Crippen molar-refractivity contribution in [2.24, 2.45) is 17.3 Å². The number of thiazole rings is 1. The van der Waals surface area contributed by atoms with Gasteiger partial charge in [-0.15, -0.1) is 11.3 Å². The highest BCUT2D eigenvalue weighted by molar-refractivity contribution is 7.09. The highest BCUT2D eigenvalue weighted by atomic mass is 32.1. The second-order valence-corrected chi connectivity index (χ2v) is 11.7. The molecule has 2 aliphatic rings. The number of carbonyl (C=O) groups excluding carboxylic acids is 2. The lowest BCUT2D eigenvalue weighted by molar-refractivity contribution is -0.154. The van der Waals surface area contributed by atoms with E-state index in [-0.39, 0.29) is 30.3 Å². The van der Waals surface area contributed by atoms with Gasteiger partial charge in [-0.3, -0.25) is 9.59 Å². The molecule has 0 aromatic carbocycles. The number of cyclic esters (lactones) is 1. The number of aliphatic hydroxyl groups is 2. The molecule has 1 aromatic heterocycles. The van der Waals surface area contributed by atoms with E-state index in [9.17, 15) is 19.8 Å². The van der Waals surface area contributed by atoms with Crippen molar-refractivity contribution < 1.29 is 29.3 Å². The number of aromatic nitrogens is 1. The van der Waals surface area contributed by atoms with Gasteiger partial charge in [-0.1, -0.05) is 34.1 Å². The number of rotatable bonds is 2. The topological polar surface area (TPSA) is 109 Å². The van der Waals surface area contributed by atoms with Crippen LogP contribution in [-0.4, -0.2) is 57.5 Å². The van der Waals surface area contributed by atoms with Crippen LogP contribution in [0.5, 0.6) is 0 Å². The zero-order valence-electron chi connectivity index (χ0n) is 21.1. The third-order valence-electron chi connectivity index (χ3n) is 7.41. The van der Waals surface area contributed by atoms with E-state index in [0.29, 0.717) is 6.42 Å². The van der Waals surface area contributed by atoms with Crippen LogP contribution in [0.15, 0.2) is 11.0 Å². The third kappa shape index (κ3) is 6.53. The Labute approximate surface area is 206 Å². The number of fused-ring (bicyclic) bond motifs is 1. The van der Waals surface area contributed by atoms with Crippen molar-refractivity contribution in [1.82, 2.24) is 4.98 Å². The first-order valence-corrected chi connectivity index (χ1v) is 13.1. The maximum atomic E-state index is 13.2. The van der Waals surface area contributed by atoms with E-state index in [0.717, 1.165) is 35.5 Å². The Morgan fingerprint density at radius 3 is 2.56 bits per heavy atom. The molecule has 0 radical (unpaired) electrons. The minimum Gasteiger partial charge on any atom is -0.458 e. The molecule has 2 fully saturated rings. The molecule has 34 heavy (non-hydrogen) atoms. The predicted molar refractivity (Wildman–Crippen MR) is 131 cm³/mol. The van der Waals surface area contributed by atoms with Gasteiger partial charge in [-0.2, -0.15) is 0 Å². The van der Waals surface area contributed by atoms with Gasteiger partial charge in [0.25, 0.3) is 0 Å². The number of aryl methyl sites for hydroxylation is 1. The molecule has 0 amide bonds. The maximum absolute atomic E-state index is 13.2. The molecule has 0 bridgehead atoms. The van der Waals surface area contributed by atoms with Gasteiger partial charge in [0.2, 0.25) is 0 Å². The Bertz CT molecular complexity index is 909. The molecule has 7 atom stereocenters. The second kappa shape index (κ2) is 11.0. The number of carbonyl (C=O) groups is 2. The SMILES string of the molecule is CC(=Cc1csc(C)n1)C1CC2O[C@@H]2CCC[C@H](C)[C@H](O)[C@@H](C)C(=O)C(C)(C)[C@@H](O)CC(=O)O1. The minimum atomic E-state index is -1.22. The molecule has 2 saturated heterocycles. The summed E-state index contributed by atoms with van der Waals surface area (Å²) in [7, 11) is 0. The monoisotopic (exact) mass is 493 g/mol. The zero-order valence-corrected chi connectivity index (χ0v) is 21.9. The normalized spacial score (nSPS) is 36.0. The second-order valence-electron chi connectivity index (χ2n) is 10.6. The van der Waals surface area contributed by atoms with Crippen molar-refractivity contribution in [2.45, 2.75) is 104 Å². The van der Waals surface area contributed by atoms with E-state index in [4.69, 9.17) is 9.47 Å². The molecule has 3 rings (SSSR count). The molecule has 0 spiro atoms. The Kier molecular flexibility index (Phi) is 8.71. The van der Waals surface area contributed by atoms with Gasteiger partial charge in [-0.25, -0.2) is 4.98 Å². The van der Waals surface area contributed by atoms with Crippen molar-refractivity contribution in [3.05, 3.63) is 21.7 Å². The first kappa shape index (κ1) is 27.0. The third-order valence-corrected chi connectivity index (χ3v) is 8.20. The fourth-order valence-corrected chi connectivity index (χ4v) is 5.35. The average Bonchev–Trinajstić information content (AvgIpc) is 3.38. The number of epoxide rings is 1. The Hall–Kier alpha value is -1.61. The minimum absolute atomic E-state index is 0.00770. The molecule has 2 aliphatic heterocycles. The molecule has 2 N–H and O–H groups in total. The maximum Gasteiger partial charge on any atom is 0.309 e. The fraction of sp³-hybridized carbons (Fsp3) is 0.731. The smallest absolute Gasteiger partial charge is 0.309 e. The summed E-state index contributed by atoms with van der Waals surface area (Å²) < 4.78 is 11.7. The van der Waals surface area contributed by atoms with Crippen molar-refractivity contribution in [1.29, 1.82) is 0 Å². The van der Waals surface area contributed by atoms with Crippen LogP contribution < -0.4 is 0 Å². The number of hydrogen-bond donors (Lipinski definition) is 2. The van der Waals surface area contributed by atoms with Gasteiger partial charge < -0.3 is 19.7 Å². The Balaban J connectivity index is 1.81. The van der Waals surface area contributed by atoms with E-state index in [1.54, 1.807) is 32.1 Å². The van der Waals surface area contributed by atoms with Gasteiger partial charge in [-0.05, 0) is 44.3 Å². The summed E-state index contributed by atoms with van der Waals surface area (Å²) in [6.45, 7) is 10.8. The van der Waals surface area contributed by atoms with Gasteiger partial charge in [0, 0.05) is 17.7 Å². The molecule has 190 valence electrons. The van der Waals surface area contributed by atoms with Crippen LogP contribution in [0.4, 0.5) is 0 Å². The molecule has 3 heterocycles. The van der Waals surface area contributed by atoms with Crippen LogP contribution in [0.25, 0.3) is 6.08 Å². The lowest BCUT2D eigenvalue weighted by Gasteiger charge is -2.34. The van der Waals surface area contributed by atoms with Gasteiger partial charge >= 0.3 is 5.97 Å². The summed E-state index contributed by atoms with van der Waals surface area (Å²) in [5.74, 6) is -1.52. The number of Topliss-reactive ketones (excluding diaryl/α,β-unsaturated/α-hetero) is 1.